The number of carbonyl (C=O) groups is 1. The fourth-order valence-corrected chi connectivity index (χ4v) is 4.03. The van der Waals surface area contributed by atoms with Crippen LogP contribution in [0.2, 0.25) is 0 Å². The predicted molar refractivity (Wildman–Crippen MR) is 110 cm³/mol. The van der Waals surface area contributed by atoms with E-state index in [2.05, 4.69) is 59.0 Å². The van der Waals surface area contributed by atoms with Crippen molar-refractivity contribution in [2.24, 2.45) is 0 Å². The zero-order chi connectivity index (χ0) is 18.7. The molecule has 0 radical (unpaired) electrons. The molecule has 1 fully saturated rings. The molecule has 3 nitrogen and oxygen atoms in total. The van der Waals surface area contributed by atoms with Gasteiger partial charge < -0.3 is 10.2 Å². The Labute approximate surface area is 164 Å². The molecule has 0 spiro atoms. The van der Waals surface area contributed by atoms with Crippen LogP contribution in [0.25, 0.3) is 0 Å². The Morgan fingerprint density at radius 3 is 2.46 bits per heavy atom. The van der Waals surface area contributed by atoms with Crippen molar-refractivity contribution in [2.45, 2.75) is 38.3 Å². The van der Waals surface area contributed by atoms with Crippen molar-refractivity contribution < 1.29 is 4.79 Å². The summed E-state index contributed by atoms with van der Waals surface area (Å²) in [5, 5.41) is 3.31. The summed E-state index contributed by atoms with van der Waals surface area (Å²) in [5.41, 5.74) is 2.98. The van der Waals surface area contributed by atoms with Crippen LogP contribution in [0, 0.1) is 0 Å². The molecule has 2 atom stereocenters. The van der Waals surface area contributed by atoms with Crippen molar-refractivity contribution in [3.8, 4) is 0 Å². The molecular formula is C22H25BrN2O. The van der Waals surface area contributed by atoms with E-state index >= 15 is 0 Å². The molecule has 1 unspecified atom stereocenters. The van der Waals surface area contributed by atoms with Gasteiger partial charge in [0.15, 0.2) is 0 Å². The van der Waals surface area contributed by atoms with Crippen molar-refractivity contribution in [3.63, 3.8) is 0 Å². The van der Waals surface area contributed by atoms with E-state index in [1.165, 1.54) is 0 Å². The van der Waals surface area contributed by atoms with Gasteiger partial charge in [0.1, 0.15) is 0 Å². The van der Waals surface area contributed by atoms with Crippen LogP contribution in [0.15, 0.2) is 71.2 Å². The Morgan fingerprint density at radius 2 is 1.88 bits per heavy atom. The standard InChI is InChI=1S/C22H25BrN2O/c1-16(2)15-22(19-7-5-4-6-8-19)13-14-25(21(26)24-22)17(3)18-9-11-20(23)12-10-18/h4-12,17H,1,13-15H2,2-3H3,(H,24,26)/t17-,22?/m0/s1. The van der Waals surface area contributed by atoms with Crippen LogP contribution in [0.1, 0.15) is 43.9 Å². The van der Waals surface area contributed by atoms with Gasteiger partial charge in [-0.3, -0.25) is 0 Å². The van der Waals surface area contributed by atoms with Gasteiger partial charge in [-0.05, 0) is 49.9 Å². The summed E-state index contributed by atoms with van der Waals surface area (Å²) in [4.78, 5) is 14.9. The third-order valence-corrected chi connectivity index (χ3v) is 5.67. The number of rotatable bonds is 5. The van der Waals surface area contributed by atoms with Crippen LogP contribution in [0.3, 0.4) is 0 Å². The highest BCUT2D eigenvalue weighted by Crippen LogP contribution is 2.36. The molecule has 3 rings (SSSR count). The van der Waals surface area contributed by atoms with Crippen LogP contribution < -0.4 is 5.32 Å². The largest absolute Gasteiger partial charge is 0.328 e. The van der Waals surface area contributed by atoms with Crippen molar-refractivity contribution in [1.82, 2.24) is 10.2 Å². The van der Waals surface area contributed by atoms with E-state index in [-0.39, 0.29) is 17.6 Å². The maximum absolute atomic E-state index is 13.0. The molecule has 136 valence electrons. The first-order valence-corrected chi connectivity index (χ1v) is 9.75. The summed E-state index contributed by atoms with van der Waals surface area (Å²) in [6.45, 7) is 8.90. The molecule has 2 aromatic rings. The van der Waals surface area contributed by atoms with Crippen LogP contribution in [-0.4, -0.2) is 17.5 Å². The number of benzene rings is 2. The number of hydrogen-bond donors (Lipinski definition) is 1. The van der Waals surface area contributed by atoms with E-state index in [4.69, 9.17) is 0 Å². The minimum absolute atomic E-state index is 0.0169. The van der Waals surface area contributed by atoms with Gasteiger partial charge in [0.2, 0.25) is 0 Å². The maximum atomic E-state index is 13.0. The summed E-state index contributed by atoms with van der Waals surface area (Å²) in [7, 11) is 0. The maximum Gasteiger partial charge on any atom is 0.318 e. The molecule has 0 aromatic heterocycles. The van der Waals surface area contributed by atoms with Crippen molar-refractivity contribution in [2.75, 3.05) is 6.54 Å². The molecule has 1 aliphatic heterocycles. The van der Waals surface area contributed by atoms with Gasteiger partial charge in [0.25, 0.3) is 0 Å². The first-order valence-electron chi connectivity index (χ1n) is 8.95. The summed E-state index contributed by atoms with van der Waals surface area (Å²) >= 11 is 3.46. The smallest absolute Gasteiger partial charge is 0.318 e. The van der Waals surface area contributed by atoms with E-state index in [1.807, 2.05) is 42.2 Å². The van der Waals surface area contributed by atoms with E-state index < -0.39 is 0 Å². The highest BCUT2D eigenvalue weighted by atomic mass is 79.9. The predicted octanol–water partition coefficient (Wildman–Crippen LogP) is 5.79. The average molecular weight is 413 g/mol. The zero-order valence-electron chi connectivity index (χ0n) is 15.3. The molecule has 4 heteroatoms. The fraction of sp³-hybridized carbons (Fsp3) is 0.318. The average Bonchev–Trinajstić information content (AvgIpc) is 2.62. The Morgan fingerprint density at radius 1 is 1.23 bits per heavy atom. The third-order valence-electron chi connectivity index (χ3n) is 5.14. The first kappa shape index (κ1) is 18.7. The van der Waals surface area contributed by atoms with Gasteiger partial charge in [0, 0.05) is 11.0 Å². The number of hydrogen-bond acceptors (Lipinski definition) is 1. The lowest BCUT2D eigenvalue weighted by Gasteiger charge is -2.45. The van der Waals surface area contributed by atoms with Gasteiger partial charge in [0.05, 0.1) is 11.6 Å². The number of nitrogens with zero attached hydrogens (tertiary/aromatic N) is 1. The number of carbonyl (C=O) groups excluding carboxylic acids is 1. The molecule has 1 heterocycles. The molecule has 1 aliphatic rings. The lowest BCUT2D eigenvalue weighted by Crippen LogP contribution is -2.58. The number of nitrogens with one attached hydrogen (secondary N) is 1. The minimum Gasteiger partial charge on any atom is -0.328 e. The van der Waals surface area contributed by atoms with Crippen LogP contribution >= 0.6 is 15.9 Å². The van der Waals surface area contributed by atoms with Gasteiger partial charge in [-0.2, -0.15) is 0 Å². The molecule has 0 bridgehead atoms. The Kier molecular flexibility index (Phi) is 5.52. The molecule has 26 heavy (non-hydrogen) atoms. The number of amides is 2. The second-order valence-electron chi connectivity index (χ2n) is 7.18. The fourth-order valence-electron chi connectivity index (χ4n) is 3.77. The molecule has 1 saturated heterocycles. The lowest BCUT2D eigenvalue weighted by molar-refractivity contribution is 0.125. The van der Waals surface area contributed by atoms with Crippen molar-refractivity contribution >= 4 is 22.0 Å². The van der Waals surface area contributed by atoms with E-state index in [0.29, 0.717) is 6.54 Å². The Balaban J connectivity index is 1.84. The van der Waals surface area contributed by atoms with Crippen molar-refractivity contribution in [3.05, 3.63) is 82.3 Å². The van der Waals surface area contributed by atoms with E-state index in [9.17, 15) is 4.79 Å². The van der Waals surface area contributed by atoms with Gasteiger partial charge >= 0.3 is 6.03 Å². The molecular weight excluding hydrogens is 388 g/mol. The lowest BCUT2D eigenvalue weighted by atomic mass is 9.80. The normalized spacial score (nSPS) is 21.2. The Bertz CT molecular complexity index is 788. The Hall–Kier alpha value is -2.07. The molecule has 0 aliphatic carbocycles. The van der Waals surface area contributed by atoms with Crippen molar-refractivity contribution in [1.29, 1.82) is 0 Å². The highest BCUT2D eigenvalue weighted by molar-refractivity contribution is 9.10. The van der Waals surface area contributed by atoms with E-state index in [1.54, 1.807) is 0 Å². The first-order chi connectivity index (χ1) is 12.4. The van der Waals surface area contributed by atoms with Gasteiger partial charge in [-0.25, -0.2) is 4.79 Å². The minimum atomic E-state index is -0.375. The summed E-state index contributed by atoms with van der Waals surface area (Å²) in [6, 6.07) is 18.4. The van der Waals surface area contributed by atoms with Gasteiger partial charge in [-0.1, -0.05) is 64.0 Å². The van der Waals surface area contributed by atoms with Gasteiger partial charge in [-0.15, -0.1) is 6.58 Å². The van der Waals surface area contributed by atoms with E-state index in [0.717, 1.165) is 34.0 Å². The molecule has 2 amide bonds. The summed E-state index contributed by atoms with van der Waals surface area (Å²) in [5.74, 6) is 0. The van der Waals surface area contributed by atoms with Crippen LogP contribution in [0.4, 0.5) is 4.79 Å². The number of halogens is 1. The monoisotopic (exact) mass is 412 g/mol. The molecule has 1 N–H and O–H groups in total. The second kappa shape index (κ2) is 7.67. The molecule has 2 aromatic carbocycles. The van der Waals surface area contributed by atoms with Crippen LogP contribution in [-0.2, 0) is 5.54 Å². The highest BCUT2D eigenvalue weighted by Gasteiger charge is 2.40. The SMILES string of the molecule is C=C(C)CC1(c2ccccc2)CCN([C@@H](C)c2ccc(Br)cc2)C(=O)N1. The number of urea groups is 1. The zero-order valence-corrected chi connectivity index (χ0v) is 16.9. The molecule has 0 saturated carbocycles. The quantitative estimate of drug-likeness (QED) is 0.619. The van der Waals surface area contributed by atoms with Crippen LogP contribution in [0.5, 0.6) is 0 Å². The second-order valence-corrected chi connectivity index (χ2v) is 8.10. The third kappa shape index (κ3) is 3.85. The topological polar surface area (TPSA) is 32.3 Å². The summed E-state index contributed by atoms with van der Waals surface area (Å²) < 4.78 is 1.04. The summed E-state index contributed by atoms with van der Waals surface area (Å²) in [6.07, 6.45) is 1.61.